The van der Waals surface area contributed by atoms with E-state index < -0.39 is 11.6 Å². The molecule has 4 nitrogen and oxygen atoms in total. The van der Waals surface area contributed by atoms with Gasteiger partial charge in [-0.05, 0) is 37.1 Å². The number of hydrogen-bond acceptors (Lipinski definition) is 3. The van der Waals surface area contributed by atoms with Crippen molar-refractivity contribution in [3.63, 3.8) is 0 Å². The number of hydrogen-bond donors (Lipinski definition) is 1. The second kappa shape index (κ2) is 7.31. The highest BCUT2D eigenvalue weighted by Gasteiger charge is 2.25. The third-order valence-corrected chi connectivity index (χ3v) is 4.84. The average molecular weight is 367 g/mol. The molecule has 0 unspecified atom stereocenters. The number of rotatable bonds is 3. The molecule has 4 rings (SSSR count). The molecule has 2 heterocycles. The first-order valence-electron chi connectivity index (χ1n) is 8.96. The second-order valence-electron chi connectivity index (χ2n) is 6.78. The number of carbonyl (C=O) groups excluding carboxylic acids is 1. The fourth-order valence-electron chi connectivity index (χ4n) is 3.47. The van der Waals surface area contributed by atoms with Gasteiger partial charge in [-0.25, -0.2) is 8.78 Å². The standard InChI is InChI=1S/C21H19F2N3O/c22-18-8-7-16(11-19(18)23)25-17-5-3-9-26(13-17)21(27)15-10-14-4-1-2-6-20(14)24-12-15/h1-2,4,6-8,10-12,17,25H,3,5,9,13H2/t17-/m0/s1. The number of pyridine rings is 1. The van der Waals surface area contributed by atoms with Gasteiger partial charge in [-0.1, -0.05) is 18.2 Å². The zero-order chi connectivity index (χ0) is 18.8. The number of likely N-dealkylation sites (tertiary alicyclic amines) is 1. The van der Waals surface area contributed by atoms with Crippen LogP contribution in [0.5, 0.6) is 0 Å². The molecule has 138 valence electrons. The van der Waals surface area contributed by atoms with E-state index in [1.54, 1.807) is 11.1 Å². The van der Waals surface area contributed by atoms with Crippen LogP contribution in [-0.4, -0.2) is 34.9 Å². The Kier molecular flexibility index (Phi) is 4.71. The van der Waals surface area contributed by atoms with Crippen LogP contribution in [0, 0.1) is 11.6 Å². The number of aromatic nitrogens is 1. The summed E-state index contributed by atoms with van der Waals surface area (Å²) in [6, 6.07) is 13.3. The van der Waals surface area contributed by atoms with Crippen molar-refractivity contribution in [1.29, 1.82) is 0 Å². The average Bonchev–Trinajstić information content (AvgIpc) is 2.70. The minimum Gasteiger partial charge on any atom is -0.380 e. The van der Waals surface area contributed by atoms with E-state index in [0.29, 0.717) is 24.3 Å². The number of benzene rings is 2. The first-order chi connectivity index (χ1) is 13.1. The van der Waals surface area contributed by atoms with Gasteiger partial charge in [0.25, 0.3) is 5.91 Å². The van der Waals surface area contributed by atoms with E-state index in [0.717, 1.165) is 35.9 Å². The van der Waals surface area contributed by atoms with Crippen LogP contribution in [0.15, 0.2) is 54.7 Å². The van der Waals surface area contributed by atoms with Crippen LogP contribution in [0.1, 0.15) is 23.2 Å². The van der Waals surface area contributed by atoms with E-state index >= 15 is 0 Å². The molecule has 1 aromatic heterocycles. The molecule has 0 bridgehead atoms. The number of amides is 1. The number of nitrogens with one attached hydrogen (secondary N) is 1. The first-order valence-corrected chi connectivity index (χ1v) is 8.96. The molecule has 1 fully saturated rings. The molecule has 0 spiro atoms. The maximum absolute atomic E-state index is 13.4. The van der Waals surface area contributed by atoms with Crippen molar-refractivity contribution in [1.82, 2.24) is 9.88 Å². The van der Waals surface area contributed by atoms with Crippen LogP contribution < -0.4 is 5.32 Å². The molecule has 6 heteroatoms. The van der Waals surface area contributed by atoms with E-state index in [-0.39, 0.29) is 11.9 Å². The van der Waals surface area contributed by atoms with Crippen LogP contribution in [0.3, 0.4) is 0 Å². The Bertz CT molecular complexity index is 992. The number of para-hydroxylation sites is 1. The topological polar surface area (TPSA) is 45.2 Å². The largest absolute Gasteiger partial charge is 0.380 e. The third-order valence-electron chi connectivity index (χ3n) is 4.84. The molecule has 1 amide bonds. The number of piperidine rings is 1. The molecular weight excluding hydrogens is 348 g/mol. The lowest BCUT2D eigenvalue weighted by atomic mass is 10.0. The van der Waals surface area contributed by atoms with Crippen molar-refractivity contribution < 1.29 is 13.6 Å². The molecule has 0 saturated carbocycles. The van der Waals surface area contributed by atoms with Gasteiger partial charge in [-0.15, -0.1) is 0 Å². The van der Waals surface area contributed by atoms with Gasteiger partial charge in [0.15, 0.2) is 11.6 Å². The molecule has 2 aromatic carbocycles. The van der Waals surface area contributed by atoms with Gasteiger partial charge in [-0.3, -0.25) is 9.78 Å². The second-order valence-corrected chi connectivity index (χ2v) is 6.78. The smallest absolute Gasteiger partial charge is 0.255 e. The number of carbonyl (C=O) groups is 1. The maximum atomic E-state index is 13.4. The molecular formula is C21H19F2N3O. The Balaban J connectivity index is 1.48. The molecule has 1 aliphatic rings. The van der Waals surface area contributed by atoms with E-state index in [1.807, 2.05) is 30.3 Å². The zero-order valence-corrected chi connectivity index (χ0v) is 14.7. The Morgan fingerprint density at radius 3 is 2.81 bits per heavy atom. The van der Waals surface area contributed by atoms with Gasteiger partial charge in [0.05, 0.1) is 11.1 Å². The van der Waals surface area contributed by atoms with Crippen molar-refractivity contribution in [2.75, 3.05) is 18.4 Å². The van der Waals surface area contributed by atoms with Gasteiger partial charge in [-0.2, -0.15) is 0 Å². The molecule has 1 N–H and O–H groups in total. The van der Waals surface area contributed by atoms with E-state index in [9.17, 15) is 13.6 Å². The van der Waals surface area contributed by atoms with Crippen LogP contribution in [0.2, 0.25) is 0 Å². The molecule has 27 heavy (non-hydrogen) atoms. The Hall–Kier alpha value is -3.02. The van der Waals surface area contributed by atoms with Gasteiger partial charge in [0.1, 0.15) is 0 Å². The SMILES string of the molecule is O=C(c1cnc2ccccc2c1)N1CCC[C@H](Nc2ccc(F)c(F)c2)C1. The van der Waals surface area contributed by atoms with E-state index in [4.69, 9.17) is 0 Å². The van der Waals surface area contributed by atoms with Gasteiger partial charge in [0, 0.05) is 42.5 Å². The van der Waals surface area contributed by atoms with Crippen molar-refractivity contribution in [3.8, 4) is 0 Å². The Labute approximate surface area is 155 Å². The molecule has 1 aliphatic heterocycles. The predicted octanol–water partition coefficient (Wildman–Crippen LogP) is 4.23. The van der Waals surface area contributed by atoms with Crippen molar-refractivity contribution in [2.45, 2.75) is 18.9 Å². The van der Waals surface area contributed by atoms with Crippen LogP contribution in [0.4, 0.5) is 14.5 Å². The van der Waals surface area contributed by atoms with Gasteiger partial charge in [0.2, 0.25) is 0 Å². The number of fused-ring (bicyclic) bond motifs is 1. The zero-order valence-electron chi connectivity index (χ0n) is 14.7. The summed E-state index contributed by atoms with van der Waals surface area (Å²) < 4.78 is 26.5. The molecule has 1 atom stereocenters. The minimum absolute atomic E-state index is 0.0130. The summed E-state index contributed by atoms with van der Waals surface area (Å²) in [6.45, 7) is 1.17. The molecule has 1 saturated heterocycles. The fraction of sp³-hybridized carbons (Fsp3) is 0.238. The first kappa shape index (κ1) is 17.4. The Morgan fingerprint density at radius 1 is 1.11 bits per heavy atom. The van der Waals surface area contributed by atoms with Gasteiger partial charge >= 0.3 is 0 Å². The highest BCUT2D eigenvalue weighted by atomic mass is 19.2. The number of anilines is 1. The number of nitrogens with zero attached hydrogens (tertiary/aromatic N) is 2. The summed E-state index contributed by atoms with van der Waals surface area (Å²) in [6.07, 6.45) is 3.31. The van der Waals surface area contributed by atoms with Crippen molar-refractivity contribution in [3.05, 3.63) is 71.9 Å². The highest BCUT2D eigenvalue weighted by Crippen LogP contribution is 2.21. The minimum atomic E-state index is -0.883. The summed E-state index contributed by atoms with van der Waals surface area (Å²) in [5.41, 5.74) is 1.92. The summed E-state index contributed by atoms with van der Waals surface area (Å²) in [4.78, 5) is 19.0. The third kappa shape index (κ3) is 3.74. The van der Waals surface area contributed by atoms with E-state index in [2.05, 4.69) is 10.3 Å². The highest BCUT2D eigenvalue weighted by molar-refractivity contribution is 5.97. The predicted molar refractivity (Wildman–Crippen MR) is 101 cm³/mol. The quantitative estimate of drug-likeness (QED) is 0.754. The van der Waals surface area contributed by atoms with Crippen molar-refractivity contribution in [2.24, 2.45) is 0 Å². The lowest BCUT2D eigenvalue weighted by Crippen LogP contribution is -2.45. The monoisotopic (exact) mass is 367 g/mol. The van der Waals surface area contributed by atoms with Crippen LogP contribution >= 0.6 is 0 Å². The summed E-state index contributed by atoms with van der Waals surface area (Å²) >= 11 is 0. The maximum Gasteiger partial charge on any atom is 0.255 e. The van der Waals surface area contributed by atoms with Crippen LogP contribution in [-0.2, 0) is 0 Å². The lowest BCUT2D eigenvalue weighted by molar-refractivity contribution is 0.0714. The molecule has 3 aromatic rings. The Morgan fingerprint density at radius 2 is 1.96 bits per heavy atom. The van der Waals surface area contributed by atoms with Gasteiger partial charge < -0.3 is 10.2 Å². The summed E-state index contributed by atoms with van der Waals surface area (Å²) in [5, 5.41) is 4.13. The van der Waals surface area contributed by atoms with Crippen LogP contribution in [0.25, 0.3) is 10.9 Å². The van der Waals surface area contributed by atoms with E-state index in [1.165, 1.54) is 6.07 Å². The summed E-state index contributed by atoms with van der Waals surface area (Å²) in [5.74, 6) is -1.82. The van der Waals surface area contributed by atoms with Crippen molar-refractivity contribution >= 4 is 22.5 Å². The summed E-state index contributed by atoms with van der Waals surface area (Å²) in [7, 11) is 0. The fourth-order valence-corrected chi connectivity index (χ4v) is 3.47. The lowest BCUT2D eigenvalue weighted by Gasteiger charge is -2.33. The molecule has 0 radical (unpaired) electrons. The molecule has 0 aliphatic carbocycles. The normalized spacial score (nSPS) is 17.1. The number of halogens is 2.